The molecule has 1 aromatic carbocycles. The van der Waals surface area contributed by atoms with E-state index < -0.39 is 0 Å². The fourth-order valence-corrected chi connectivity index (χ4v) is 2.77. The summed E-state index contributed by atoms with van der Waals surface area (Å²) < 4.78 is 0. The molecule has 1 saturated carbocycles. The molecule has 1 N–H and O–H groups in total. The maximum Gasteiger partial charge on any atom is 0.0826 e. The Labute approximate surface area is 99.8 Å². The number of rotatable bonds is 1. The van der Waals surface area contributed by atoms with E-state index in [4.69, 9.17) is 23.2 Å². The van der Waals surface area contributed by atoms with Crippen LogP contribution < -0.4 is 5.32 Å². The molecule has 0 amide bonds. The Kier molecular flexibility index (Phi) is 2.33. The highest BCUT2D eigenvalue weighted by atomic mass is 35.5. The normalized spacial score (nSPS) is 24.5. The average Bonchev–Trinajstić information content (AvgIpc) is 3.07. The van der Waals surface area contributed by atoms with Crippen LogP contribution in [0.3, 0.4) is 0 Å². The van der Waals surface area contributed by atoms with Gasteiger partial charge in [0.15, 0.2) is 0 Å². The van der Waals surface area contributed by atoms with Crippen LogP contribution in [0.4, 0.5) is 5.69 Å². The zero-order valence-electron chi connectivity index (χ0n) is 8.39. The predicted molar refractivity (Wildman–Crippen MR) is 64.9 cm³/mol. The summed E-state index contributed by atoms with van der Waals surface area (Å²) in [5.74, 6) is 0.869. The first-order chi connectivity index (χ1) is 7.25. The van der Waals surface area contributed by atoms with Crippen molar-refractivity contribution in [3.05, 3.63) is 27.7 Å². The van der Waals surface area contributed by atoms with E-state index in [2.05, 4.69) is 11.4 Å². The minimum atomic E-state index is 0.619. The first-order valence-corrected chi connectivity index (χ1v) is 6.24. The number of anilines is 1. The molecule has 0 radical (unpaired) electrons. The summed E-state index contributed by atoms with van der Waals surface area (Å²) in [6.45, 7) is 0. The topological polar surface area (TPSA) is 12.0 Å². The fourth-order valence-electron chi connectivity index (χ4n) is 2.38. The zero-order valence-corrected chi connectivity index (χ0v) is 9.91. The molecule has 15 heavy (non-hydrogen) atoms. The molecule has 1 aliphatic carbocycles. The Hall–Kier alpha value is -0.400. The van der Waals surface area contributed by atoms with Gasteiger partial charge in [0.2, 0.25) is 0 Å². The van der Waals surface area contributed by atoms with Gasteiger partial charge in [-0.25, -0.2) is 0 Å². The van der Waals surface area contributed by atoms with E-state index in [1.807, 2.05) is 6.07 Å². The molecule has 3 rings (SSSR count). The zero-order chi connectivity index (χ0) is 10.4. The maximum atomic E-state index is 6.21. The molecule has 1 aliphatic heterocycles. The van der Waals surface area contributed by atoms with Crippen LogP contribution in [-0.2, 0) is 6.42 Å². The molecule has 1 aromatic rings. The second-order valence-corrected chi connectivity index (χ2v) is 5.31. The van der Waals surface area contributed by atoms with Crippen molar-refractivity contribution >= 4 is 28.9 Å². The molecule has 80 valence electrons. The first kappa shape index (κ1) is 9.80. The molecule has 0 bridgehead atoms. The molecule has 1 unspecified atom stereocenters. The van der Waals surface area contributed by atoms with Crippen molar-refractivity contribution in [3.63, 3.8) is 0 Å². The Morgan fingerprint density at radius 3 is 2.67 bits per heavy atom. The molecule has 0 saturated heterocycles. The first-order valence-electron chi connectivity index (χ1n) is 5.49. The lowest BCUT2D eigenvalue weighted by molar-refractivity contribution is 0.570. The number of aryl methyl sites for hydroxylation is 1. The lowest BCUT2D eigenvalue weighted by atomic mass is 9.95. The summed E-state index contributed by atoms with van der Waals surface area (Å²) in [7, 11) is 0. The monoisotopic (exact) mass is 241 g/mol. The molecular weight excluding hydrogens is 229 g/mol. The summed E-state index contributed by atoms with van der Waals surface area (Å²) in [6, 6.07) is 4.59. The Balaban J connectivity index is 1.95. The summed E-state index contributed by atoms with van der Waals surface area (Å²) in [4.78, 5) is 0. The number of hydrogen-bond acceptors (Lipinski definition) is 1. The van der Waals surface area contributed by atoms with Crippen LogP contribution in [0.2, 0.25) is 10.0 Å². The van der Waals surface area contributed by atoms with Gasteiger partial charge in [-0.1, -0.05) is 29.3 Å². The van der Waals surface area contributed by atoms with Crippen LogP contribution in [0.1, 0.15) is 24.8 Å². The van der Waals surface area contributed by atoms with Gasteiger partial charge in [-0.2, -0.15) is 0 Å². The van der Waals surface area contributed by atoms with Crippen molar-refractivity contribution in [1.82, 2.24) is 0 Å². The number of halogens is 2. The third-order valence-corrected chi connectivity index (χ3v) is 4.23. The third-order valence-electron chi connectivity index (χ3n) is 3.43. The van der Waals surface area contributed by atoms with Crippen LogP contribution in [0, 0.1) is 5.92 Å². The lowest BCUT2D eigenvalue weighted by Crippen LogP contribution is -2.27. The lowest BCUT2D eigenvalue weighted by Gasteiger charge is -2.28. The minimum Gasteiger partial charge on any atom is -0.381 e. The fraction of sp³-hybridized carbons (Fsp3) is 0.500. The quantitative estimate of drug-likeness (QED) is 0.780. The van der Waals surface area contributed by atoms with Crippen LogP contribution >= 0.6 is 23.2 Å². The van der Waals surface area contributed by atoms with Gasteiger partial charge in [0.05, 0.1) is 15.7 Å². The van der Waals surface area contributed by atoms with E-state index in [0.29, 0.717) is 16.1 Å². The van der Waals surface area contributed by atoms with Gasteiger partial charge in [-0.3, -0.25) is 0 Å². The standard InChI is InChI=1S/C12H13Cl2N/c13-9-5-3-8-4-6-10(7-1-2-7)15-12(8)11(9)14/h3,5,7,10,15H,1-2,4,6H2. The van der Waals surface area contributed by atoms with Crippen LogP contribution in [-0.4, -0.2) is 6.04 Å². The van der Waals surface area contributed by atoms with Crippen molar-refractivity contribution in [2.75, 3.05) is 5.32 Å². The highest BCUT2D eigenvalue weighted by Crippen LogP contribution is 2.42. The van der Waals surface area contributed by atoms with Gasteiger partial charge < -0.3 is 5.32 Å². The Bertz CT molecular complexity index is 399. The van der Waals surface area contributed by atoms with Gasteiger partial charge in [-0.15, -0.1) is 0 Å². The van der Waals surface area contributed by atoms with Gasteiger partial charge >= 0.3 is 0 Å². The van der Waals surface area contributed by atoms with E-state index in [0.717, 1.165) is 18.0 Å². The molecule has 1 fully saturated rings. The SMILES string of the molecule is Clc1ccc2c(c1Cl)NC(C1CC1)CC2. The number of nitrogens with one attached hydrogen (secondary N) is 1. The number of hydrogen-bond donors (Lipinski definition) is 1. The Morgan fingerprint density at radius 1 is 1.13 bits per heavy atom. The van der Waals surface area contributed by atoms with Gasteiger partial charge in [-0.05, 0) is 43.2 Å². The highest BCUT2D eigenvalue weighted by molar-refractivity contribution is 6.43. The maximum absolute atomic E-state index is 6.21. The summed E-state index contributed by atoms with van der Waals surface area (Å²) in [5.41, 5.74) is 2.38. The van der Waals surface area contributed by atoms with E-state index in [9.17, 15) is 0 Å². The summed E-state index contributed by atoms with van der Waals surface area (Å²) >= 11 is 12.2. The van der Waals surface area contributed by atoms with Crippen LogP contribution in [0.5, 0.6) is 0 Å². The molecular formula is C12H13Cl2N. The largest absolute Gasteiger partial charge is 0.381 e. The molecule has 1 heterocycles. The van der Waals surface area contributed by atoms with Crippen LogP contribution in [0.25, 0.3) is 0 Å². The van der Waals surface area contributed by atoms with E-state index >= 15 is 0 Å². The van der Waals surface area contributed by atoms with E-state index in [1.165, 1.54) is 24.8 Å². The number of fused-ring (bicyclic) bond motifs is 1. The third kappa shape index (κ3) is 1.72. The molecule has 0 aromatic heterocycles. The minimum absolute atomic E-state index is 0.619. The highest BCUT2D eigenvalue weighted by Gasteiger charge is 2.33. The molecule has 0 spiro atoms. The van der Waals surface area contributed by atoms with Crippen molar-refractivity contribution in [3.8, 4) is 0 Å². The van der Waals surface area contributed by atoms with Gasteiger partial charge in [0, 0.05) is 6.04 Å². The van der Waals surface area contributed by atoms with Crippen molar-refractivity contribution in [2.24, 2.45) is 5.92 Å². The van der Waals surface area contributed by atoms with Gasteiger partial charge in [0.25, 0.3) is 0 Å². The second-order valence-electron chi connectivity index (χ2n) is 4.52. The smallest absolute Gasteiger partial charge is 0.0826 e. The molecule has 2 aliphatic rings. The molecule has 1 nitrogen and oxygen atoms in total. The van der Waals surface area contributed by atoms with Crippen molar-refractivity contribution < 1.29 is 0 Å². The summed E-state index contributed by atoms with van der Waals surface area (Å²) in [6.07, 6.45) is 5.09. The molecule has 3 heteroatoms. The van der Waals surface area contributed by atoms with Crippen molar-refractivity contribution in [1.29, 1.82) is 0 Å². The van der Waals surface area contributed by atoms with E-state index in [-0.39, 0.29) is 0 Å². The average molecular weight is 242 g/mol. The molecule has 1 atom stereocenters. The van der Waals surface area contributed by atoms with Crippen LogP contribution in [0.15, 0.2) is 12.1 Å². The predicted octanol–water partition coefficient (Wildman–Crippen LogP) is 4.13. The Morgan fingerprint density at radius 2 is 1.93 bits per heavy atom. The van der Waals surface area contributed by atoms with Crippen molar-refractivity contribution in [2.45, 2.75) is 31.7 Å². The second kappa shape index (κ2) is 3.57. The van der Waals surface area contributed by atoms with E-state index in [1.54, 1.807) is 0 Å². The van der Waals surface area contributed by atoms with Gasteiger partial charge in [0.1, 0.15) is 0 Å². The number of benzene rings is 1. The summed E-state index contributed by atoms with van der Waals surface area (Å²) in [5, 5.41) is 4.90.